The van der Waals surface area contributed by atoms with Crippen LogP contribution in [0.3, 0.4) is 0 Å². The van der Waals surface area contributed by atoms with E-state index in [1.807, 2.05) is 36.5 Å². The zero-order valence-corrected chi connectivity index (χ0v) is 13.9. The molecule has 0 unspecified atom stereocenters. The van der Waals surface area contributed by atoms with Gasteiger partial charge >= 0.3 is 12.2 Å². The Balaban J connectivity index is 1.91. The summed E-state index contributed by atoms with van der Waals surface area (Å²) in [6, 6.07) is -0.452. The highest BCUT2D eigenvalue weighted by Gasteiger charge is 2.56. The lowest BCUT2D eigenvalue weighted by Gasteiger charge is -2.33. The van der Waals surface area contributed by atoms with Crippen LogP contribution in [-0.4, -0.2) is 47.5 Å². The first kappa shape index (κ1) is 16.4. The van der Waals surface area contributed by atoms with E-state index >= 15 is 0 Å². The lowest BCUT2D eigenvalue weighted by atomic mass is 9.85. The molecule has 0 aromatic heterocycles. The molecule has 0 N–H and O–H groups in total. The predicted molar refractivity (Wildman–Crippen MR) is 88.8 cm³/mol. The second-order valence-corrected chi connectivity index (χ2v) is 5.76. The molecule has 2 amide bonds. The van der Waals surface area contributed by atoms with E-state index in [-0.39, 0.29) is 37.1 Å². The number of nitrogens with zero attached hydrogens (tertiary/aromatic N) is 2. The molecule has 0 aromatic rings. The van der Waals surface area contributed by atoms with Crippen molar-refractivity contribution in [3.63, 3.8) is 0 Å². The second-order valence-electron chi connectivity index (χ2n) is 5.76. The summed E-state index contributed by atoms with van der Waals surface area (Å²) in [5, 5.41) is 2.80. The summed E-state index contributed by atoms with van der Waals surface area (Å²) in [6.07, 6.45) is 15.0. The van der Waals surface area contributed by atoms with E-state index < -0.39 is 12.2 Å². The molecule has 0 spiro atoms. The van der Waals surface area contributed by atoms with E-state index in [9.17, 15) is 9.59 Å². The molecule has 24 heavy (non-hydrogen) atoms. The van der Waals surface area contributed by atoms with Gasteiger partial charge in [-0.2, -0.15) is 0 Å². The minimum atomic E-state index is -0.521. The largest absolute Gasteiger partial charge is 0.448 e. The predicted octanol–water partition coefficient (Wildman–Crippen LogP) is 3.05. The van der Waals surface area contributed by atoms with E-state index in [1.54, 1.807) is 13.8 Å². The number of amides is 2. The van der Waals surface area contributed by atoms with Crippen LogP contribution in [0.1, 0.15) is 13.8 Å². The molecule has 6 heteroatoms. The Morgan fingerprint density at radius 2 is 1.25 bits per heavy atom. The quantitative estimate of drug-likeness (QED) is 0.746. The van der Waals surface area contributed by atoms with Gasteiger partial charge in [-0.15, -0.1) is 0 Å². The molecule has 2 bridgehead atoms. The molecular weight excluding hydrogens is 308 g/mol. The summed E-state index contributed by atoms with van der Waals surface area (Å²) in [6.45, 7) is 4.00. The van der Waals surface area contributed by atoms with Crippen molar-refractivity contribution >= 4 is 12.2 Å². The van der Waals surface area contributed by atoms with Crippen molar-refractivity contribution < 1.29 is 19.1 Å². The zero-order valence-electron chi connectivity index (χ0n) is 13.9. The minimum absolute atomic E-state index is 0.0474. The van der Waals surface area contributed by atoms with Crippen molar-refractivity contribution in [3.8, 4) is 0 Å². The maximum absolute atomic E-state index is 12.4. The Labute approximate surface area is 141 Å². The molecule has 1 heterocycles. The fourth-order valence-electron chi connectivity index (χ4n) is 3.55. The summed E-state index contributed by atoms with van der Waals surface area (Å²) < 4.78 is 10.3. The number of carbonyl (C=O) groups is 2. The van der Waals surface area contributed by atoms with Gasteiger partial charge in [0.1, 0.15) is 0 Å². The summed E-state index contributed by atoms with van der Waals surface area (Å²) in [7, 11) is 0. The molecule has 2 aliphatic carbocycles. The van der Waals surface area contributed by atoms with Crippen LogP contribution in [-0.2, 0) is 9.47 Å². The lowest BCUT2D eigenvalue weighted by molar-refractivity contribution is -0.0130. The molecule has 0 radical (unpaired) electrons. The summed E-state index contributed by atoms with van der Waals surface area (Å²) in [5.41, 5.74) is 0. The number of hydrogen-bond donors (Lipinski definition) is 0. The van der Waals surface area contributed by atoms with Gasteiger partial charge in [0.2, 0.25) is 0 Å². The van der Waals surface area contributed by atoms with Gasteiger partial charge in [0.05, 0.1) is 25.3 Å². The monoisotopic (exact) mass is 330 g/mol. The van der Waals surface area contributed by atoms with Crippen LogP contribution in [0.5, 0.6) is 0 Å². The highest BCUT2D eigenvalue weighted by atomic mass is 16.6. The van der Waals surface area contributed by atoms with E-state index in [1.165, 1.54) is 10.0 Å². The normalized spacial score (nSPS) is 27.7. The molecule has 1 saturated heterocycles. The number of hydrogen-bond acceptors (Lipinski definition) is 4. The Morgan fingerprint density at radius 1 is 0.792 bits per heavy atom. The van der Waals surface area contributed by atoms with Crippen molar-refractivity contribution in [1.29, 1.82) is 0 Å². The number of hydrazine groups is 1. The third-order valence-electron chi connectivity index (χ3n) is 4.45. The second kappa shape index (κ2) is 6.95. The zero-order chi connectivity index (χ0) is 17.1. The Kier molecular flexibility index (Phi) is 4.74. The number of ether oxygens (including phenoxy) is 2. The molecular formula is C18H22N2O4. The smallest absolute Gasteiger partial charge is 0.429 e. The molecule has 0 aromatic carbocycles. The van der Waals surface area contributed by atoms with Crippen molar-refractivity contribution in [2.75, 3.05) is 13.2 Å². The highest BCUT2D eigenvalue weighted by molar-refractivity contribution is 5.77. The van der Waals surface area contributed by atoms with Gasteiger partial charge < -0.3 is 9.47 Å². The van der Waals surface area contributed by atoms with Gasteiger partial charge in [0, 0.05) is 11.8 Å². The highest BCUT2D eigenvalue weighted by Crippen LogP contribution is 2.43. The van der Waals surface area contributed by atoms with E-state index in [0.29, 0.717) is 0 Å². The topological polar surface area (TPSA) is 59.1 Å². The SMILES string of the molecule is CCOC(=O)N1[C@H]2C=C[C@@H](C2C2C=CC=CC=C2)N1C(=O)OCC. The van der Waals surface area contributed by atoms with Gasteiger partial charge in [-0.05, 0) is 13.8 Å². The first-order valence-electron chi connectivity index (χ1n) is 8.31. The van der Waals surface area contributed by atoms with Gasteiger partial charge in [-0.1, -0.05) is 48.6 Å². The van der Waals surface area contributed by atoms with Gasteiger partial charge in [-0.3, -0.25) is 0 Å². The molecule has 6 nitrogen and oxygen atoms in total. The first-order chi connectivity index (χ1) is 11.7. The van der Waals surface area contributed by atoms with Crippen LogP contribution >= 0.6 is 0 Å². The third kappa shape index (κ3) is 2.72. The van der Waals surface area contributed by atoms with Crippen LogP contribution in [0.2, 0.25) is 0 Å². The number of fused-ring (bicyclic) bond motifs is 2. The van der Waals surface area contributed by atoms with Crippen molar-refractivity contribution in [2.45, 2.75) is 25.9 Å². The van der Waals surface area contributed by atoms with Crippen LogP contribution < -0.4 is 0 Å². The Bertz CT molecular complexity index is 573. The average molecular weight is 330 g/mol. The fraction of sp³-hybridized carbons (Fsp3) is 0.444. The molecule has 1 fully saturated rings. The first-order valence-corrected chi connectivity index (χ1v) is 8.31. The van der Waals surface area contributed by atoms with Gasteiger partial charge in [0.25, 0.3) is 0 Å². The number of carbonyl (C=O) groups excluding carboxylic acids is 2. The van der Waals surface area contributed by atoms with E-state index in [2.05, 4.69) is 12.2 Å². The summed E-state index contributed by atoms with van der Waals surface area (Å²) in [4.78, 5) is 24.8. The van der Waals surface area contributed by atoms with Crippen LogP contribution in [0.4, 0.5) is 9.59 Å². The molecule has 2 atom stereocenters. The molecule has 0 saturated carbocycles. The van der Waals surface area contributed by atoms with Crippen LogP contribution in [0.15, 0.2) is 48.6 Å². The summed E-state index contributed by atoms with van der Waals surface area (Å²) in [5.74, 6) is 0.160. The molecule has 3 aliphatic rings. The van der Waals surface area contributed by atoms with Crippen molar-refractivity contribution in [1.82, 2.24) is 10.0 Å². The summed E-state index contributed by atoms with van der Waals surface area (Å²) >= 11 is 0. The molecule has 128 valence electrons. The number of rotatable bonds is 3. The lowest BCUT2D eigenvalue weighted by Crippen LogP contribution is -2.52. The van der Waals surface area contributed by atoms with Gasteiger partial charge in [0.15, 0.2) is 0 Å². The van der Waals surface area contributed by atoms with Crippen molar-refractivity contribution in [2.24, 2.45) is 11.8 Å². The van der Waals surface area contributed by atoms with Crippen LogP contribution in [0.25, 0.3) is 0 Å². The molecule has 3 rings (SSSR count). The van der Waals surface area contributed by atoms with E-state index in [0.717, 1.165) is 0 Å². The minimum Gasteiger partial charge on any atom is -0.448 e. The fourth-order valence-corrected chi connectivity index (χ4v) is 3.55. The maximum atomic E-state index is 12.4. The Hall–Kier alpha value is -2.50. The Morgan fingerprint density at radius 3 is 1.67 bits per heavy atom. The average Bonchev–Trinajstić information content (AvgIpc) is 3.00. The maximum Gasteiger partial charge on any atom is 0.429 e. The van der Waals surface area contributed by atoms with Crippen LogP contribution in [0, 0.1) is 11.8 Å². The van der Waals surface area contributed by atoms with Gasteiger partial charge in [-0.25, -0.2) is 19.6 Å². The molecule has 1 aliphatic heterocycles. The van der Waals surface area contributed by atoms with Crippen molar-refractivity contribution in [3.05, 3.63) is 48.6 Å². The number of allylic oxidation sites excluding steroid dienone is 6. The standard InChI is InChI=1S/C18H22N2O4/c1-3-23-17(21)19-14-11-12-15(20(19)18(22)24-4-2)16(14)13-9-7-5-6-8-10-13/h5-16H,3-4H2,1-2H3/t14-,15-/m0/s1. The third-order valence-corrected chi connectivity index (χ3v) is 4.45. The van der Waals surface area contributed by atoms with E-state index in [4.69, 9.17) is 9.47 Å².